The number of aromatic nitrogens is 2. The molecule has 0 N–H and O–H groups in total. The van der Waals surface area contributed by atoms with E-state index in [0.717, 1.165) is 9.79 Å². The number of rotatable bonds is 9. The maximum absolute atomic E-state index is 14.2. The summed E-state index contributed by atoms with van der Waals surface area (Å²) in [4.78, 5) is 43.0. The van der Waals surface area contributed by atoms with Crippen molar-refractivity contribution in [2.24, 2.45) is 0 Å². The van der Waals surface area contributed by atoms with Crippen molar-refractivity contribution in [3.05, 3.63) is 93.3 Å². The predicted molar refractivity (Wildman–Crippen MR) is 197 cm³/mol. The van der Waals surface area contributed by atoms with Gasteiger partial charge in [-0.1, -0.05) is 95.4 Å². The number of fused-ring (bicyclic) bond motifs is 1. The van der Waals surface area contributed by atoms with Crippen LogP contribution in [0, 0.1) is 0 Å². The van der Waals surface area contributed by atoms with Gasteiger partial charge >= 0.3 is 5.69 Å². The first-order chi connectivity index (χ1) is 22.3. The van der Waals surface area contributed by atoms with Crippen LogP contribution in [-0.2, 0) is 18.3 Å². The lowest BCUT2D eigenvalue weighted by molar-refractivity contribution is -0.0567. The average molecular weight is 729 g/mol. The van der Waals surface area contributed by atoms with Crippen molar-refractivity contribution in [3.8, 4) is 0 Å². The van der Waals surface area contributed by atoms with Crippen LogP contribution >= 0.6 is 23.5 Å². The smallest absolute Gasteiger partial charge is 0.340 e. The molecule has 0 radical (unpaired) electrons. The zero-order valence-electron chi connectivity index (χ0n) is 29.5. The number of carbonyl (C=O) groups is 1. The maximum Gasteiger partial charge on any atom is 0.340 e. The maximum atomic E-state index is 14.2. The average Bonchev–Trinajstić information content (AvgIpc) is 3.56. The lowest BCUT2D eigenvalue weighted by atomic mass is 10.1. The predicted octanol–water partition coefficient (Wildman–Crippen LogP) is 7.57. The summed E-state index contributed by atoms with van der Waals surface area (Å²) in [6.45, 7) is 21.9. The molecular weight excluding hydrogens is 681 g/mol. The zero-order chi connectivity index (χ0) is 35.2. The fourth-order valence-corrected chi connectivity index (χ4v) is 9.89. The van der Waals surface area contributed by atoms with E-state index in [1.54, 1.807) is 53.9 Å². The quantitative estimate of drug-likeness (QED) is 0.207. The number of nitrogens with zero attached hydrogens (tertiary/aromatic N) is 2. The molecular formula is C35H48N2O7S2Si2. The molecule has 2 aliphatic heterocycles. The third-order valence-corrected chi connectivity index (χ3v) is 21.5. The van der Waals surface area contributed by atoms with Crippen LogP contribution in [0.5, 0.6) is 0 Å². The monoisotopic (exact) mass is 728 g/mol. The molecule has 13 heteroatoms. The van der Waals surface area contributed by atoms with E-state index in [-0.39, 0.29) is 27.0 Å². The molecule has 3 aromatic rings. The van der Waals surface area contributed by atoms with Crippen molar-refractivity contribution in [1.29, 1.82) is 0 Å². The number of benzene rings is 2. The van der Waals surface area contributed by atoms with Crippen LogP contribution in [0.1, 0.15) is 58.1 Å². The van der Waals surface area contributed by atoms with Crippen LogP contribution in [0.3, 0.4) is 0 Å². The van der Waals surface area contributed by atoms with Crippen molar-refractivity contribution >= 4 is 46.1 Å². The second-order valence-electron chi connectivity index (χ2n) is 15.4. The summed E-state index contributed by atoms with van der Waals surface area (Å²) in [5.41, 5.74) is -1.29. The standard InChI is InChI=1S/C35H48N2O7S2Si2/c1-34(2,3)47(7,8)41-22-24-28(43-33-45-25-18-14-15-19-26(25)46-33)29(44-48(9,10)35(4,5)6)31(42-24)36-21-20-27(38)37(32(36)40)30(39)23-16-12-11-13-17-23/h11-21,24,28-29,31,33H,22H2,1-10H3/t24-,28-,29-,31-/m1/s1. The van der Waals surface area contributed by atoms with E-state index in [1.807, 2.05) is 12.1 Å². The lowest BCUT2D eigenvalue weighted by Crippen LogP contribution is -2.52. The molecule has 0 amide bonds. The largest absolute Gasteiger partial charge is 0.414 e. The summed E-state index contributed by atoms with van der Waals surface area (Å²) in [5.74, 6) is -0.707. The summed E-state index contributed by atoms with van der Waals surface area (Å²) in [7, 11) is -4.71. The van der Waals surface area contributed by atoms with Gasteiger partial charge in [0.15, 0.2) is 27.6 Å². The molecule has 0 bridgehead atoms. The van der Waals surface area contributed by atoms with Crippen molar-refractivity contribution < 1.29 is 23.1 Å². The van der Waals surface area contributed by atoms with Crippen LogP contribution in [0.4, 0.5) is 0 Å². The van der Waals surface area contributed by atoms with E-state index in [1.165, 1.54) is 16.8 Å². The molecule has 1 saturated heterocycles. The van der Waals surface area contributed by atoms with Crippen LogP contribution in [-0.4, -0.2) is 61.4 Å². The van der Waals surface area contributed by atoms with Crippen molar-refractivity contribution in [2.75, 3.05) is 6.61 Å². The van der Waals surface area contributed by atoms with Gasteiger partial charge in [-0.2, -0.15) is 4.57 Å². The minimum Gasteiger partial charge on any atom is -0.414 e. The van der Waals surface area contributed by atoms with Crippen LogP contribution in [0.2, 0.25) is 36.3 Å². The Kier molecular flexibility index (Phi) is 10.7. The molecule has 260 valence electrons. The van der Waals surface area contributed by atoms with Gasteiger partial charge in [-0.25, -0.2) is 4.79 Å². The molecule has 2 aliphatic rings. The highest BCUT2D eigenvalue weighted by Crippen LogP contribution is 2.51. The summed E-state index contributed by atoms with van der Waals surface area (Å²) in [6.07, 6.45) is -1.54. The Balaban J connectivity index is 1.59. The summed E-state index contributed by atoms with van der Waals surface area (Å²) >= 11 is 3.27. The summed E-state index contributed by atoms with van der Waals surface area (Å²) in [5, 5.41) is -0.209. The van der Waals surface area contributed by atoms with E-state index < -0.39 is 58.3 Å². The third-order valence-electron chi connectivity index (χ3n) is 10.0. The molecule has 0 saturated carbocycles. The Hall–Kier alpha value is -2.24. The van der Waals surface area contributed by atoms with Gasteiger partial charge < -0.3 is 18.3 Å². The highest BCUT2D eigenvalue weighted by Gasteiger charge is 2.54. The molecule has 2 aromatic carbocycles. The Bertz CT molecular complexity index is 1720. The fraction of sp³-hybridized carbons (Fsp3) is 0.514. The molecule has 1 aromatic heterocycles. The van der Waals surface area contributed by atoms with E-state index in [0.29, 0.717) is 4.57 Å². The van der Waals surface area contributed by atoms with Crippen molar-refractivity contribution in [3.63, 3.8) is 0 Å². The highest BCUT2D eigenvalue weighted by molar-refractivity contribution is 8.19. The van der Waals surface area contributed by atoms with Gasteiger partial charge in [-0.3, -0.25) is 14.2 Å². The normalized spacial score (nSPS) is 22.2. The number of thioether (sulfide) groups is 2. The molecule has 3 heterocycles. The Labute approximate surface area is 294 Å². The van der Waals surface area contributed by atoms with Gasteiger partial charge in [0.05, 0.1) is 6.61 Å². The molecule has 48 heavy (non-hydrogen) atoms. The van der Waals surface area contributed by atoms with E-state index in [2.05, 4.69) is 79.9 Å². The molecule has 0 aliphatic carbocycles. The molecule has 1 fully saturated rings. The van der Waals surface area contributed by atoms with Gasteiger partial charge in [-0.05, 0) is 60.5 Å². The first-order valence-corrected chi connectivity index (χ1v) is 23.9. The number of ether oxygens (including phenoxy) is 2. The SMILES string of the molecule is CC(C)(C)[Si](C)(C)OC[C@H]1O[C@@H](n2ccc(=O)n(C(=O)c3ccccc3)c2=O)[C@H](O[Si](C)(C)C(C)(C)C)[C@@H]1OC1Sc2ccccc2S1. The lowest BCUT2D eigenvalue weighted by Gasteiger charge is -2.41. The number of hydrogen-bond acceptors (Lipinski definition) is 9. The Morgan fingerprint density at radius 1 is 0.812 bits per heavy atom. The van der Waals surface area contributed by atoms with Gasteiger partial charge in [0, 0.05) is 27.6 Å². The van der Waals surface area contributed by atoms with Crippen LogP contribution < -0.4 is 11.2 Å². The summed E-state index contributed by atoms with van der Waals surface area (Å²) in [6, 6.07) is 17.7. The minimum absolute atomic E-state index is 0.0402. The highest BCUT2D eigenvalue weighted by atomic mass is 32.2. The molecule has 5 rings (SSSR count). The third kappa shape index (κ3) is 7.58. The van der Waals surface area contributed by atoms with Gasteiger partial charge in [0.1, 0.15) is 18.3 Å². The van der Waals surface area contributed by atoms with Crippen LogP contribution in [0.25, 0.3) is 0 Å². The first kappa shape index (κ1) is 37.0. The van der Waals surface area contributed by atoms with E-state index in [9.17, 15) is 14.4 Å². The molecule has 0 unspecified atom stereocenters. The van der Waals surface area contributed by atoms with Crippen molar-refractivity contribution in [2.45, 2.75) is 117 Å². The van der Waals surface area contributed by atoms with E-state index in [4.69, 9.17) is 18.3 Å². The molecule has 9 nitrogen and oxygen atoms in total. The molecule has 4 atom stereocenters. The minimum atomic E-state index is -2.50. The number of hydrogen-bond donors (Lipinski definition) is 0. The molecule has 0 spiro atoms. The fourth-order valence-electron chi connectivity index (χ4n) is 5.02. The van der Waals surface area contributed by atoms with Gasteiger partial charge in [0.2, 0.25) is 0 Å². The second kappa shape index (κ2) is 13.8. The topological polar surface area (TPSA) is 98.0 Å². The Morgan fingerprint density at radius 2 is 1.38 bits per heavy atom. The van der Waals surface area contributed by atoms with Crippen molar-refractivity contribution in [1.82, 2.24) is 9.13 Å². The van der Waals surface area contributed by atoms with E-state index >= 15 is 0 Å². The summed E-state index contributed by atoms with van der Waals surface area (Å²) < 4.78 is 29.2. The van der Waals surface area contributed by atoms with Gasteiger partial charge in [0.25, 0.3) is 11.5 Å². The zero-order valence-corrected chi connectivity index (χ0v) is 33.1. The second-order valence-corrected chi connectivity index (χ2v) is 27.5. The van der Waals surface area contributed by atoms with Gasteiger partial charge in [-0.15, -0.1) is 0 Å². The Morgan fingerprint density at radius 3 is 1.94 bits per heavy atom. The first-order valence-electron chi connectivity index (χ1n) is 16.3. The van der Waals surface area contributed by atoms with Crippen LogP contribution in [0.15, 0.2) is 86.2 Å². The number of carbonyl (C=O) groups excluding carboxylic acids is 1.